The molecule has 0 spiro atoms. The quantitative estimate of drug-likeness (QED) is 0.382. The van der Waals surface area contributed by atoms with Gasteiger partial charge in [-0.15, -0.1) is 0 Å². The molecule has 66 valence electrons. The molecule has 13 heavy (non-hydrogen) atoms. The number of benzene rings is 1. The maximum absolute atomic E-state index is 7.26. The minimum Gasteiger partial charge on any atom is -0.384 e. The molecule has 0 radical (unpaired) electrons. The molecule has 4 nitrogen and oxygen atoms in total. The molecule has 1 aromatic carbocycles. The van der Waals surface area contributed by atoms with Crippen molar-refractivity contribution in [1.29, 1.82) is 5.41 Å². The third-order valence-electron chi connectivity index (χ3n) is 1.90. The number of amidine groups is 1. The minimum absolute atomic E-state index is 0.0714. The van der Waals surface area contributed by atoms with Crippen molar-refractivity contribution in [2.75, 3.05) is 10.6 Å². The monoisotopic (exact) mass is 174 g/mol. The smallest absolute Gasteiger partial charge is 0.122 e. The van der Waals surface area contributed by atoms with Crippen LogP contribution in [-0.2, 0) is 0 Å². The molecule has 0 aromatic heterocycles. The van der Waals surface area contributed by atoms with Gasteiger partial charge in [-0.25, -0.2) is 0 Å². The summed E-state index contributed by atoms with van der Waals surface area (Å²) in [4.78, 5) is 0. The molecule has 1 aliphatic rings. The third kappa shape index (κ3) is 1.22. The van der Waals surface area contributed by atoms with Gasteiger partial charge in [0.25, 0.3) is 0 Å². The van der Waals surface area contributed by atoms with E-state index in [1.165, 1.54) is 0 Å². The number of nitrogen functional groups attached to an aromatic ring is 1. The standard InChI is InChI=1S/C9H10N4/c1-5-12-7-3-2-6(9(10)11)4-8(7)13-5/h2-4,12-13H,1H2,(H3,10,11). The summed E-state index contributed by atoms with van der Waals surface area (Å²) in [5, 5.41) is 13.3. The van der Waals surface area contributed by atoms with Gasteiger partial charge in [-0.1, -0.05) is 6.58 Å². The minimum atomic E-state index is 0.0714. The Labute approximate surface area is 76.0 Å². The van der Waals surface area contributed by atoms with Crippen LogP contribution in [0.5, 0.6) is 0 Å². The van der Waals surface area contributed by atoms with Crippen LogP contribution >= 0.6 is 0 Å². The lowest BCUT2D eigenvalue weighted by Gasteiger charge is -2.01. The first-order valence-electron chi connectivity index (χ1n) is 3.88. The molecule has 4 heteroatoms. The fraction of sp³-hybridized carbons (Fsp3) is 0. The molecule has 1 aliphatic heterocycles. The Balaban J connectivity index is 2.45. The molecular weight excluding hydrogens is 164 g/mol. The van der Waals surface area contributed by atoms with Crippen molar-refractivity contribution >= 4 is 17.2 Å². The molecule has 0 bridgehead atoms. The van der Waals surface area contributed by atoms with E-state index in [2.05, 4.69) is 17.2 Å². The third-order valence-corrected chi connectivity index (χ3v) is 1.90. The molecule has 0 saturated carbocycles. The Morgan fingerprint density at radius 3 is 2.69 bits per heavy atom. The lowest BCUT2D eigenvalue weighted by Crippen LogP contribution is -2.10. The maximum Gasteiger partial charge on any atom is 0.122 e. The second kappa shape index (κ2) is 2.52. The first-order valence-corrected chi connectivity index (χ1v) is 3.88. The highest BCUT2D eigenvalue weighted by molar-refractivity contribution is 5.97. The van der Waals surface area contributed by atoms with Gasteiger partial charge >= 0.3 is 0 Å². The van der Waals surface area contributed by atoms with Crippen LogP contribution < -0.4 is 16.4 Å². The molecule has 0 amide bonds. The van der Waals surface area contributed by atoms with Crippen molar-refractivity contribution in [3.05, 3.63) is 36.2 Å². The average Bonchev–Trinajstić information content (AvgIpc) is 2.42. The summed E-state index contributed by atoms with van der Waals surface area (Å²) in [6.07, 6.45) is 0. The normalized spacial score (nSPS) is 13.1. The zero-order valence-corrected chi connectivity index (χ0v) is 7.02. The van der Waals surface area contributed by atoms with Crippen LogP contribution in [0.25, 0.3) is 0 Å². The number of nitrogens with two attached hydrogens (primary N) is 1. The Kier molecular flexibility index (Phi) is 1.48. The van der Waals surface area contributed by atoms with Crippen molar-refractivity contribution in [2.24, 2.45) is 5.73 Å². The number of rotatable bonds is 1. The Morgan fingerprint density at radius 1 is 1.31 bits per heavy atom. The van der Waals surface area contributed by atoms with Crippen LogP contribution in [0, 0.1) is 5.41 Å². The molecule has 0 fully saturated rings. The van der Waals surface area contributed by atoms with Crippen molar-refractivity contribution in [3.63, 3.8) is 0 Å². The molecule has 2 rings (SSSR count). The van der Waals surface area contributed by atoms with Gasteiger partial charge in [-0.2, -0.15) is 0 Å². The lowest BCUT2D eigenvalue weighted by atomic mass is 10.1. The number of nitrogens with one attached hydrogen (secondary N) is 3. The predicted octanol–water partition coefficient (Wildman–Crippen LogP) is 1.28. The second-order valence-corrected chi connectivity index (χ2v) is 2.90. The van der Waals surface area contributed by atoms with Gasteiger partial charge < -0.3 is 16.4 Å². The van der Waals surface area contributed by atoms with Crippen LogP contribution in [0.15, 0.2) is 30.6 Å². The van der Waals surface area contributed by atoms with E-state index in [4.69, 9.17) is 11.1 Å². The summed E-state index contributed by atoms with van der Waals surface area (Å²) >= 11 is 0. The van der Waals surface area contributed by atoms with E-state index < -0.39 is 0 Å². The van der Waals surface area contributed by atoms with Crippen LogP contribution in [0.3, 0.4) is 0 Å². The number of hydrogen-bond acceptors (Lipinski definition) is 3. The number of fused-ring (bicyclic) bond motifs is 1. The van der Waals surface area contributed by atoms with E-state index in [0.29, 0.717) is 5.56 Å². The van der Waals surface area contributed by atoms with Crippen molar-refractivity contribution < 1.29 is 0 Å². The second-order valence-electron chi connectivity index (χ2n) is 2.90. The average molecular weight is 174 g/mol. The van der Waals surface area contributed by atoms with Crippen LogP contribution in [0.2, 0.25) is 0 Å². The van der Waals surface area contributed by atoms with Crippen molar-refractivity contribution in [3.8, 4) is 0 Å². The molecule has 0 atom stereocenters. The summed E-state index contributed by atoms with van der Waals surface area (Å²) in [6, 6.07) is 5.49. The Hall–Kier alpha value is -1.97. The Morgan fingerprint density at radius 2 is 2.00 bits per heavy atom. The highest BCUT2D eigenvalue weighted by Crippen LogP contribution is 2.30. The maximum atomic E-state index is 7.26. The molecule has 0 saturated heterocycles. The van der Waals surface area contributed by atoms with Gasteiger partial charge in [0.05, 0.1) is 11.4 Å². The molecule has 1 heterocycles. The first kappa shape index (κ1) is 7.67. The SMILES string of the molecule is C=C1Nc2ccc(C(=N)N)cc2N1. The predicted molar refractivity (Wildman–Crippen MR) is 53.8 cm³/mol. The van der Waals surface area contributed by atoms with Crippen LogP contribution in [0.4, 0.5) is 11.4 Å². The molecular formula is C9H10N4. The molecule has 1 aromatic rings. The highest BCUT2D eigenvalue weighted by atomic mass is 15.2. The zero-order valence-electron chi connectivity index (χ0n) is 7.02. The van der Waals surface area contributed by atoms with E-state index >= 15 is 0 Å². The highest BCUT2D eigenvalue weighted by Gasteiger charge is 2.12. The van der Waals surface area contributed by atoms with Gasteiger partial charge in [-0.3, -0.25) is 5.41 Å². The zero-order chi connectivity index (χ0) is 9.42. The van der Waals surface area contributed by atoms with Gasteiger partial charge in [-0.05, 0) is 18.2 Å². The van der Waals surface area contributed by atoms with Crippen molar-refractivity contribution in [2.45, 2.75) is 0 Å². The molecule has 5 N–H and O–H groups in total. The van der Waals surface area contributed by atoms with Crippen LogP contribution in [0.1, 0.15) is 5.56 Å². The van der Waals surface area contributed by atoms with Gasteiger partial charge in [0.2, 0.25) is 0 Å². The summed E-state index contributed by atoms with van der Waals surface area (Å²) in [7, 11) is 0. The fourth-order valence-corrected chi connectivity index (χ4v) is 1.28. The van der Waals surface area contributed by atoms with E-state index in [1.807, 2.05) is 12.1 Å². The topological polar surface area (TPSA) is 73.9 Å². The van der Waals surface area contributed by atoms with E-state index in [-0.39, 0.29) is 5.84 Å². The molecule has 0 unspecified atom stereocenters. The first-order chi connectivity index (χ1) is 6.16. The summed E-state index contributed by atoms with van der Waals surface area (Å²) in [5.41, 5.74) is 7.95. The van der Waals surface area contributed by atoms with Crippen LogP contribution in [-0.4, -0.2) is 5.84 Å². The summed E-state index contributed by atoms with van der Waals surface area (Å²) in [6.45, 7) is 3.74. The Bertz CT molecular complexity index is 395. The van der Waals surface area contributed by atoms with E-state index in [0.717, 1.165) is 17.2 Å². The van der Waals surface area contributed by atoms with Gasteiger partial charge in [0.1, 0.15) is 11.7 Å². The number of anilines is 2. The number of hydrogen-bond donors (Lipinski definition) is 4. The molecule has 0 aliphatic carbocycles. The largest absolute Gasteiger partial charge is 0.384 e. The van der Waals surface area contributed by atoms with E-state index in [1.54, 1.807) is 6.07 Å². The lowest BCUT2D eigenvalue weighted by molar-refractivity contribution is 1.43. The van der Waals surface area contributed by atoms with Gasteiger partial charge in [0.15, 0.2) is 0 Å². The van der Waals surface area contributed by atoms with Gasteiger partial charge in [0, 0.05) is 5.56 Å². The summed E-state index contributed by atoms with van der Waals surface area (Å²) < 4.78 is 0. The summed E-state index contributed by atoms with van der Waals surface area (Å²) in [5.74, 6) is 0.817. The fourth-order valence-electron chi connectivity index (χ4n) is 1.28. The van der Waals surface area contributed by atoms with E-state index in [9.17, 15) is 0 Å². The van der Waals surface area contributed by atoms with Crippen molar-refractivity contribution in [1.82, 2.24) is 0 Å².